The third-order valence-corrected chi connectivity index (χ3v) is 5.76. The number of amides is 2. The van der Waals surface area contributed by atoms with Gasteiger partial charge in [0, 0.05) is 11.1 Å². The molecule has 0 aromatic heterocycles. The number of thiocarbonyl (C=S) groups is 1. The van der Waals surface area contributed by atoms with Gasteiger partial charge >= 0.3 is 0 Å². The van der Waals surface area contributed by atoms with Gasteiger partial charge in [-0.25, -0.2) is 0 Å². The molecule has 1 saturated heterocycles. The number of halogens is 3. The zero-order valence-corrected chi connectivity index (χ0v) is 19.2. The number of rotatable bonds is 4. The monoisotopic (exact) mass is 502 g/mol. The van der Waals surface area contributed by atoms with Gasteiger partial charge in [0.25, 0.3) is 11.8 Å². The maximum Gasteiger partial charge on any atom is 0.270 e. The highest BCUT2D eigenvalue weighted by Gasteiger charge is 2.34. The molecular formula is C23H13Cl3N2O3S. The van der Waals surface area contributed by atoms with Crippen LogP contribution in [0.3, 0.4) is 0 Å². The number of hydrogen-bond acceptors (Lipinski definition) is 4. The first-order valence-corrected chi connectivity index (χ1v) is 10.8. The fourth-order valence-corrected chi connectivity index (χ4v) is 3.69. The van der Waals surface area contributed by atoms with Gasteiger partial charge in [-0.05, 0) is 72.4 Å². The molecule has 5 nitrogen and oxygen atoms in total. The molecule has 0 radical (unpaired) electrons. The summed E-state index contributed by atoms with van der Waals surface area (Å²) in [7, 11) is 0. The smallest absolute Gasteiger partial charge is 0.270 e. The van der Waals surface area contributed by atoms with E-state index in [4.69, 9.17) is 51.8 Å². The third kappa shape index (κ3) is 4.79. The molecule has 1 N–H and O–H groups in total. The third-order valence-electron chi connectivity index (χ3n) is 4.48. The molecule has 2 amide bonds. The highest BCUT2D eigenvalue weighted by Crippen LogP contribution is 2.30. The lowest BCUT2D eigenvalue weighted by Gasteiger charge is -2.29. The highest BCUT2D eigenvalue weighted by atomic mass is 35.5. The summed E-state index contributed by atoms with van der Waals surface area (Å²) < 4.78 is 5.81. The van der Waals surface area contributed by atoms with Crippen molar-refractivity contribution in [2.45, 2.75) is 0 Å². The lowest BCUT2D eigenvalue weighted by molar-refractivity contribution is -0.122. The molecule has 3 aromatic carbocycles. The van der Waals surface area contributed by atoms with Crippen LogP contribution in [-0.2, 0) is 9.59 Å². The molecule has 0 aliphatic carbocycles. The Labute approximate surface area is 204 Å². The number of benzene rings is 3. The van der Waals surface area contributed by atoms with Gasteiger partial charge in [-0.2, -0.15) is 0 Å². The van der Waals surface area contributed by atoms with E-state index in [0.717, 1.165) is 0 Å². The Morgan fingerprint density at radius 1 is 0.875 bits per heavy atom. The maximum atomic E-state index is 13.1. The summed E-state index contributed by atoms with van der Waals surface area (Å²) in [6.07, 6.45) is 1.48. The molecule has 4 rings (SSSR count). The predicted octanol–water partition coefficient (Wildman–Crippen LogP) is 6.27. The molecule has 160 valence electrons. The number of carbonyl (C=O) groups is 2. The first kappa shape index (κ1) is 22.3. The fourth-order valence-electron chi connectivity index (χ4n) is 2.99. The summed E-state index contributed by atoms with van der Waals surface area (Å²) >= 11 is 23.1. The van der Waals surface area contributed by atoms with Crippen LogP contribution in [0, 0.1) is 0 Å². The first-order valence-electron chi connectivity index (χ1n) is 9.22. The Morgan fingerprint density at radius 3 is 2.31 bits per heavy atom. The molecule has 0 saturated carbocycles. The molecule has 0 bridgehead atoms. The van der Waals surface area contributed by atoms with Crippen molar-refractivity contribution < 1.29 is 14.3 Å². The number of anilines is 1. The van der Waals surface area contributed by atoms with Gasteiger partial charge in [-0.1, -0.05) is 46.9 Å². The van der Waals surface area contributed by atoms with Crippen LogP contribution in [-0.4, -0.2) is 16.9 Å². The summed E-state index contributed by atoms with van der Waals surface area (Å²) in [6.45, 7) is 0. The quantitative estimate of drug-likeness (QED) is 0.259. The van der Waals surface area contributed by atoms with E-state index in [1.54, 1.807) is 66.7 Å². The van der Waals surface area contributed by atoms with Crippen molar-refractivity contribution in [2.75, 3.05) is 4.90 Å². The van der Waals surface area contributed by atoms with Crippen LogP contribution in [0.4, 0.5) is 5.69 Å². The van der Waals surface area contributed by atoms with Gasteiger partial charge in [0.2, 0.25) is 0 Å². The van der Waals surface area contributed by atoms with E-state index in [9.17, 15) is 9.59 Å². The van der Waals surface area contributed by atoms with E-state index < -0.39 is 11.8 Å². The van der Waals surface area contributed by atoms with Crippen LogP contribution >= 0.6 is 47.0 Å². The second kappa shape index (κ2) is 9.30. The van der Waals surface area contributed by atoms with Crippen LogP contribution < -0.4 is 15.0 Å². The van der Waals surface area contributed by atoms with Gasteiger partial charge in [0.05, 0.1) is 15.7 Å². The number of carbonyl (C=O) groups excluding carboxylic acids is 2. The van der Waals surface area contributed by atoms with E-state index in [2.05, 4.69) is 5.32 Å². The first-order chi connectivity index (χ1) is 15.3. The Morgan fingerprint density at radius 2 is 1.59 bits per heavy atom. The van der Waals surface area contributed by atoms with Crippen LogP contribution in [0.15, 0.2) is 72.3 Å². The van der Waals surface area contributed by atoms with Gasteiger partial charge in [0.15, 0.2) is 5.11 Å². The van der Waals surface area contributed by atoms with E-state index >= 15 is 0 Å². The Hall–Kier alpha value is -2.90. The molecule has 0 atom stereocenters. The number of hydrogen-bond donors (Lipinski definition) is 1. The van der Waals surface area contributed by atoms with Crippen molar-refractivity contribution >= 4 is 75.7 Å². The summed E-state index contributed by atoms with van der Waals surface area (Å²) in [6, 6.07) is 18.4. The predicted molar refractivity (Wildman–Crippen MR) is 131 cm³/mol. The Balaban J connectivity index is 1.63. The minimum atomic E-state index is -0.582. The van der Waals surface area contributed by atoms with Crippen LogP contribution in [0.2, 0.25) is 15.1 Å². The van der Waals surface area contributed by atoms with Crippen LogP contribution in [0.1, 0.15) is 5.56 Å². The Kier molecular flexibility index (Phi) is 6.48. The topological polar surface area (TPSA) is 58.6 Å². The molecule has 0 unspecified atom stereocenters. The van der Waals surface area contributed by atoms with Crippen molar-refractivity contribution in [1.29, 1.82) is 0 Å². The zero-order valence-electron chi connectivity index (χ0n) is 16.1. The molecule has 1 fully saturated rings. The summed E-state index contributed by atoms with van der Waals surface area (Å²) in [4.78, 5) is 26.8. The number of nitrogens with zero attached hydrogens (tertiary/aromatic N) is 1. The van der Waals surface area contributed by atoms with Crippen molar-refractivity contribution in [2.24, 2.45) is 0 Å². The average Bonchev–Trinajstić information content (AvgIpc) is 2.75. The van der Waals surface area contributed by atoms with Crippen molar-refractivity contribution in [1.82, 2.24) is 5.32 Å². The lowest BCUT2D eigenvalue weighted by atomic mass is 10.1. The molecule has 1 aliphatic rings. The SMILES string of the molecule is O=C1NC(=S)N(c2ccc(Cl)cc2)C(=O)/C1=C/c1cccc(Oc2ccc(Cl)c(Cl)c2)c1. The van der Waals surface area contributed by atoms with Gasteiger partial charge < -0.3 is 4.74 Å². The molecule has 9 heteroatoms. The minimum Gasteiger partial charge on any atom is -0.457 e. The van der Waals surface area contributed by atoms with E-state index in [0.29, 0.717) is 37.8 Å². The summed E-state index contributed by atoms with van der Waals surface area (Å²) in [5.41, 5.74) is 1.01. The molecule has 1 heterocycles. The van der Waals surface area contributed by atoms with Gasteiger partial charge in [-0.15, -0.1) is 0 Å². The highest BCUT2D eigenvalue weighted by molar-refractivity contribution is 7.80. The van der Waals surface area contributed by atoms with Crippen LogP contribution in [0.5, 0.6) is 11.5 Å². The second-order valence-electron chi connectivity index (χ2n) is 6.68. The molecule has 32 heavy (non-hydrogen) atoms. The second-order valence-corrected chi connectivity index (χ2v) is 8.32. The summed E-state index contributed by atoms with van der Waals surface area (Å²) in [5, 5.41) is 3.84. The van der Waals surface area contributed by atoms with E-state index in [1.807, 2.05) is 0 Å². The average molecular weight is 504 g/mol. The van der Waals surface area contributed by atoms with Crippen molar-refractivity contribution in [3.8, 4) is 11.5 Å². The normalized spacial score (nSPS) is 15.2. The maximum absolute atomic E-state index is 13.1. The molecule has 3 aromatic rings. The number of nitrogens with one attached hydrogen (secondary N) is 1. The van der Waals surface area contributed by atoms with E-state index in [1.165, 1.54) is 11.0 Å². The molecular weight excluding hydrogens is 491 g/mol. The largest absolute Gasteiger partial charge is 0.457 e. The molecule has 0 spiro atoms. The standard InChI is InChI=1S/C23H13Cl3N2O3S/c24-14-4-6-15(7-5-14)28-22(30)18(21(29)27-23(28)32)11-13-2-1-3-16(10-13)31-17-8-9-19(25)20(26)12-17/h1-12H,(H,27,29,32)/b18-11+. The van der Waals surface area contributed by atoms with Crippen molar-refractivity contribution in [3.63, 3.8) is 0 Å². The van der Waals surface area contributed by atoms with E-state index in [-0.39, 0.29) is 10.7 Å². The molecule has 1 aliphatic heterocycles. The fraction of sp³-hybridized carbons (Fsp3) is 0. The Bertz CT molecular complexity index is 1280. The van der Waals surface area contributed by atoms with Crippen molar-refractivity contribution in [3.05, 3.63) is 92.9 Å². The minimum absolute atomic E-state index is 0.00354. The summed E-state index contributed by atoms with van der Waals surface area (Å²) in [5.74, 6) is -0.140. The zero-order chi connectivity index (χ0) is 22.8. The number of ether oxygens (including phenoxy) is 1. The van der Waals surface area contributed by atoms with Gasteiger partial charge in [-0.3, -0.25) is 19.8 Å². The lowest BCUT2D eigenvalue weighted by Crippen LogP contribution is -2.54. The van der Waals surface area contributed by atoms with Gasteiger partial charge in [0.1, 0.15) is 17.1 Å². The van der Waals surface area contributed by atoms with Crippen LogP contribution in [0.25, 0.3) is 6.08 Å².